The van der Waals surface area contributed by atoms with Crippen molar-refractivity contribution in [2.24, 2.45) is 0 Å². The Kier molecular flexibility index (Phi) is 6.10. The van der Waals surface area contributed by atoms with Gasteiger partial charge in [-0.1, -0.05) is 30.3 Å². The number of carbonyl (C=O) groups is 1. The summed E-state index contributed by atoms with van der Waals surface area (Å²) in [5.74, 6) is -0.0612. The molecule has 2 bridgehead atoms. The third kappa shape index (κ3) is 4.22. The largest absolute Gasteiger partial charge is 0.396 e. The fourth-order valence-corrected chi connectivity index (χ4v) is 5.49. The van der Waals surface area contributed by atoms with Crippen molar-refractivity contribution in [1.29, 1.82) is 0 Å². The predicted molar refractivity (Wildman–Crippen MR) is 115 cm³/mol. The van der Waals surface area contributed by atoms with Crippen molar-refractivity contribution in [2.75, 3.05) is 13.7 Å². The number of hydrogen-bond donors (Lipinski definition) is 2. The van der Waals surface area contributed by atoms with Crippen LogP contribution in [0.3, 0.4) is 0 Å². The molecule has 31 heavy (non-hydrogen) atoms. The zero-order chi connectivity index (χ0) is 22.1. The van der Waals surface area contributed by atoms with Gasteiger partial charge in [-0.05, 0) is 50.5 Å². The van der Waals surface area contributed by atoms with Crippen molar-refractivity contribution in [2.45, 2.75) is 68.3 Å². The van der Waals surface area contributed by atoms with Crippen molar-refractivity contribution in [1.82, 2.24) is 14.9 Å². The third-order valence-electron chi connectivity index (χ3n) is 7.04. The van der Waals surface area contributed by atoms with E-state index in [1.54, 1.807) is 11.9 Å². The van der Waals surface area contributed by atoms with Gasteiger partial charge in [-0.3, -0.25) is 9.78 Å². The highest BCUT2D eigenvalue weighted by molar-refractivity contribution is 5.92. The van der Waals surface area contributed by atoms with Crippen molar-refractivity contribution in [3.63, 3.8) is 0 Å². The van der Waals surface area contributed by atoms with Crippen LogP contribution in [0.15, 0.2) is 48.9 Å². The second kappa shape index (κ2) is 8.65. The monoisotopic (exact) mass is 425 g/mol. The van der Waals surface area contributed by atoms with Gasteiger partial charge >= 0.3 is 0 Å². The van der Waals surface area contributed by atoms with Crippen LogP contribution < -0.4 is 0 Å². The number of nitrogens with zero attached hydrogens (tertiary/aromatic N) is 3. The maximum atomic E-state index is 13.0. The summed E-state index contributed by atoms with van der Waals surface area (Å²) in [7, 11) is 1.71. The molecule has 7 heteroatoms. The second-order valence-corrected chi connectivity index (χ2v) is 9.14. The summed E-state index contributed by atoms with van der Waals surface area (Å²) in [5.41, 5.74) is 0.0946. The molecule has 2 N–H and O–H groups in total. The van der Waals surface area contributed by atoms with Gasteiger partial charge in [0.25, 0.3) is 5.91 Å². The highest BCUT2D eigenvalue weighted by Gasteiger charge is 2.55. The van der Waals surface area contributed by atoms with Crippen molar-refractivity contribution >= 4 is 5.91 Å². The first kappa shape index (κ1) is 21.9. The Morgan fingerprint density at radius 3 is 2.71 bits per heavy atom. The highest BCUT2D eigenvalue weighted by Crippen LogP contribution is 2.51. The number of likely N-dealkylation sites (N-methyl/N-ethyl adjacent to an activating group) is 1. The number of hydrogen-bond acceptors (Lipinski definition) is 6. The second-order valence-electron chi connectivity index (χ2n) is 9.14. The smallest absolute Gasteiger partial charge is 0.274 e. The van der Waals surface area contributed by atoms with Crippen molar-refractivity contribution in [3.05, 3.63) is 60.2 Å². The van der Waals surface area contributed by atoms with E-state index in [9.17, 15) is 15.0 Å². The number of amides is 1. The lowest BCUT2D eigenvalue weighted by Crippen LogP contribution is -2.58. The lowest BCUT2D eigenvalue weighted by Gasteiger charge is -2.50. The molecule has 1 amide bonds. The predicted octanol–water partition coefficient (Wildman–Crippen LogP) is 2.55. The molecule has 2 aliphatic heterocycles. The number of fused-ring (bicyclic) bond motifs is 2. The van der Waals surface area contributed by atoms with E-state index in [0.717, 1.165) is 6.42 Å². The topological polar surface area (TPSA) is 95.8 Å². The van der Waals surface area contributed by atoms with Crippen LogP contribution in [-0.4, -0.2) is 68.0 Å². The maximum Gasteiger partial charge on any atom is 0.274 e. The first-order valence-electron chi connectivity index (χ1n) is 10.9. The van der Waals surface area contributed by atoms with Gasteiger partial charge in [0.1, 0.15) is 11.8 Å². The standard InChI is InChI=1S/C24H31N3O4/c1-23-14-18(17-6-4-3-5-7-17)15-24(31-23,10-13-28)9-8-20(21(23)29)27(2)22(30)19-16-25-11-12-26-19/h3-7,11-12,16,18,20-21,28-29H,8-10,13-15H2,1-2H3/t18-,20+,21-,23+,24-/m1/s1. The molecule has 1 aromatic carbocycles. The van der Waals surface area contributed by atoms with E-state index in [4.69, 9.17) is 4.74 Å². The third-order valence-corrected chi connectivity index (χ3v) is 7.04. The molecule has 1 aromatic heterocycles. The first-order valence-corrected chi connectivity index (χ1v) is 10.9. The molecule has 3 heterocycles. The Labute approximate surface area is 183 Å². The Hall–Kier alpha value is -2.35. The molecule has 2 saturated heterocycles. The fraction of sp³-hybridized carbons (Fsp3) is 0.542. The summed E-state index contributed by atoms with van der Waals surface area (Å²) in [4.78, 5) is 22.7. The van der Waals surface area contributed by atoms with E-state index < -0.39 is 23.3 Å². The van der Waals surface area contributed by atoms with Crippen LogP contribution in [0.5, 0.6) is 0 Å². The average Bonchev–Trinajstić information content (AvgIpc) is 2.86. The molecule has 7 nitrogen and oxygen atoms in total. The molecule has 2 aliphatic rings. The number of aromatic nitrogens is 2. The summed E-state index contributed by atoms with van der Waals surface area (Å²) >= 11 is 0. The van der Waals surface area contributed by atoms with Crippen molar-refractivity contribution < 1.29 is 19.7 Å². The molecular formula is C24H31N3O4. The van der Waals surface area contributed by atoms with Gasteiger partial charge < -0.3 is 19.8 Å². The molecule has 5 atom stereocenters. The van der Waals surface area contributed by atoms with Gasteiger partial charge in [0.05, 0.1) is 23.4 Å². The zero-order valence-corrected chi connectivity index (χ0v) is 18.1. The molecule has 0 radical (unpaired) electrons. The fourth-order valence-electron chi connectivity index (χ4n) is 5.49. The molecule has 2 aromatic rings. The summed E-state index contributed by atoms with van der Waals surface area (Å²) < 4.78 is 6.62. The van der Waals surface area contributed by atoms with E-state index in [0.29, 0.717) is 25.7 Å². The van der Waals surface area contributed by atoms with E-state index in [1.165, 1.54) is 24.2 Å². The van der Waals surface area contributed by atoms with Gasteiger partial charge in [0.2, 0.25) is 0 Å². The molecule has 0 unspecified atom stereocenters. The Balaban J connectivity index is 1.66. The average molecular weight is 426 g/mol. The summed E-state index contributed by atoms with van der Waals surface area (Å²) in [5, 5.41) is 21.3. The number of aliphatic hydroxyl groups excluding tert-OH is 2. The minimum atomic E-state index is -0.870. The molecule has 0 aliphatic carbocycles. The van der Waals surface area contributed by atoms with Gasteiger partial charge in [-0.25, -0.2) is 4.98 Å². The lowest BCUT2D eigenvalue weighted by molar-refractivity contribution is -0.225. The Morgan fingerprint density at radius 1 is 1.26 bits per heavy atom. The summed E-state index contributed by atoms with van der Waals surface area (Å²) in [6, 6.07) is 9.87. The molecular weight excluding hydrogens is 394 g/mol. The van der Waals surface area contributed by atoms with Gasteiger partial charge in [-0.2, -0.15) is 0 Å². The van der Waals surface area contributed by atoms with Gasteiger partial charge in [0.15, 0.2) is 0 Å². The zero-order valence-electron chi connectivity index (χ0n) is 18.1. The van der Waals surface area contributed by atoms with E-state index in [1.807, 2.05) is 25.1 Å². The number of rotatable bonds is 5. The van der Waals surface area contributed by atoms with Crippen LogP contribution in [-0.2, 0) is 4.74 Å². The number of carbonyl (C=O) groups excluding carboxylic acids is 1. The van der Waals surface area contributed by atoms with Crippen LogP contribution in [0.1, 0.15) is 61.0 Å². The number of aliphatic hydroxyl groups is 2. The van der Waals surface area contributed by atoms with Gasteiger partial charge in [0, 0.05) is 26.0 Å². The minimum Gasteiger partial charge on any atom is -0.396 e. The normalized spacial score (nSPS) is 32.8. The molecule has 0 spiro atoms. The quantitative estimate of drug-likeness (QED) is 0.764. The summed E-state index contributed by atoms with van der Waals surface area (Å²) in [6.07, 6.45) is 6.77. The molecule has 166 valence electrons. The molecule has 2 fully saturated rings. The van der Waals surface area contributed by atoms with Crippen LogP contribution in [0, 0.1) is 0 Å². The molecule has 0 saturated carbocycles. The Morgan fingerprint density at radius 2 is 2.03 bits per heavy atom. The summed E-state index contributed by atoms with van der Waals surface area (Å²) in [6.45, 7) is 1.96. The van der Waals surface area contributed by atoms with E-state index in [2.05, 4.69) is 22.1 Å². The number of benzene rings is 1. The maximum absolute atomic E-state index is 13.0. The first-order chi connectivity index (χ1) is 14.9. The van der Waals surface area contributed by atoms with Crippen LogP contribution in [0.2, 0.25) is 0 Å². The van der Waals surface area contributed by atoms with E-state index in [-0.39, 0.29) is 24.1 Å². The van der Waals surface area contributed by atoms with Crippen LogP contribution >= 0.6 is 0 Å². The SMILES string of the molecule is CN(C(=O)c1cnccn1)[C@H]1CC[C@@]2(CCO)C[C@H](c3ccccc3)C[C@](C)(O2)[C@@H]1O. The van der Waals surface area contributed by atoms with Crippen LogP contribution in [0.4, 0.5) is 0 Å². The Bertz CT molecular complexity index is 896. The lowest BCUT2D eigenvalue weighted by atomic mass is 9.73. The van der Waals surface area contributed by atoms with Crippen LogP contribution in [0.25, 0.3) is 0 Å². The van der Waals surface area contributed by atoms with E-state index >= 15 is 0 Å². The molecule has 4 rings (SSSR count). The minimum absolute atomic E-state index is 0.0206. The van der Waals surface area contributed by atoms with Gasteiger partial charge in [-0.15, -0.1) is 0 Å². The highest BCUT2D eigenvalue weighted by atomic mass is 16.5. The van der Waals surface area contributed by atoms with Crippen molar-refractivity contribution in [3.8, 4) is 0 Å². The number of ether oxygens (including phenoxy) is 1.